The molecular formula is C22H25FN6O3. The van der Waals surface area contributed by atoms with Gasteiger partial charge in [-0.2, -0.15) is 0 Å². The number of rotatable bonds is 5. The number of likely N-dealkylation sites (tertiary alicyclic amines) is 1. The molecule has 0 unspecified atom stereocenters. The van der Waals surface area contributed by atoms with E-state index in [-0.39, 0.29) is 41.7 Å². The van der Waals surface area contributed by atoms with Gasteiger partial charge in [-0.1, -0.05) is 19.1 Å². The van der Waals surface area contributed by atoms with Crippen molar-refractivity contribution in [2.24, 2.45) is 11.7 Å². The number of aryl methyl sites for hydroxylation is 1. The van der Waals surface area contributed by atoms with Crippen molar-refractivity contribution in [3.63, 3.8) is 0 Å². The predicted octanol–water partition coefficient (Wildman–Crippen LogP) is 1.78. The van der Waals surface area contributed by atoms with Gasteiger partial charge < -0.3 is 10.6 Å². The van der Waals surface area contributed by atoms with Crippen LogP contribution in [-0.4, -0.2) is 48.9 Å². The largest absolute Gasteiger partial charge is 0.364 e. The third-order valence-electron chi connectivity index (χ3n) is 5.79. The molecule has 2 aromatic heterocycles. The number of nitrogens with zero attached hydrogens (tertiary/aromatic N) is 5. The molecular weight excluding hydrogens is 415 g/mol. The van der Waals surface area contributed by atoms with Crippen LogP contribution in [0.15, 0.2) is 29.1 Å². The first-order chi connectivity index (χ1) is 15.3. The van der Waals surface area contributed by atoms with Gasteiger partial charge in [-0.05, 0) is 37.8 Å². The second-order valence-corrected chi connectivity index (χ2v) is 8.14. The third-order valence-corrected chi connectivity index (χ3v) is 5.79. The van der Waals surface area contributed by atoms with E-state index in [2.05, 4.69) is 16.9 Å². The molecule has 0 radical (unpaired) electrons. The molecule has 9 nitrogen and oxygen atoms in total. The highest BCUT2D eigenvalue weighted by Gasteiger charge is 2.27. The number of carbonyl (C=O) groups excluding carboxylic acids is 2. The number of imidazole rings is 1. The van der Waals surface area contributed by atoms with Crippen LogP contribution in [0, 0.1) is 11.7 Å². The van der Waals surface area contributed by atoms with Gasteiger partial charge in [0.05, 0.1) is 0 Å². The molecule has 1 aromatic carbocycles. The molecule has 0 saturated carbocycles. The summed E-state index contributed by atoms with van der Waals surface area (Å²) in [5.41, 5.74) is 5.57. The van der Waals surface area contributed by atoms with Crippen molar-refractivity contribution in [2.45, 2.75) is 39.8 Å². The summed E-state index contributed by atoms with van der Waals surface area (Å²) in [5.74, 6) is -1.10. The summed E-state index contributed by atoms with van der Waals surface area (Å²) in [6.45, 7) is 5.12. The normalized spacial score (nSPS) is 16.5. The van der Waals surface area contributed by atoms with Gasteiger partial charge in [0.25, 0.3) is 5.91 Å². The standard InChI is InChI=1S/C22H25FN6O3/c1-3-28-21-18(29(22(28)32)12-16(30)27-9-5-6-13(2)11-27)17(19(24)31)25-20(26-21)14-7-4-8-15(23)10-14/h4,7-8,10,13H,3,5-6,9,11-12H2,1-2H3,(H2,24,31)/t13-/m0/s1. The summed E-state index contributed by atoms with van der Waals surface area (Å²) < 4.78 is 16.3. The summed E-state index contributed by atoms with van der Waals surface area (Å²) >= 11 is 0. The van der Waals surface area contributed by atoms with E-state index in [1.807, 2.05) is 0 Å². The Hall–Kier alpha value is -3.56. The molecule has 2 amide bonds. The van der Waals surface area contributed by atoms with Crippen LogP contribution in [0.4, 0.5) is 4.39 Å². The van der Waals surface area contributed by atoms with Gasteiger partial charge in [0.1, 0.15) is 17.9 Å². The van der Waals surface area contributed by atoms with Crippen molar-refractivity contribution in [1.29, 1.82) is 0 Å². The van der Waals surface area contributed by atoms with Crippen LogP contribution in [0.3, 0.4) is 0 Å². The van der Waals surface area contributed by atoms with Crippen molar-refractivity contribution in [3.8, 4) is 11.4 Å². The fraction of sp³-hybridized carbons (Fsp3) is 0.409. The minimum Gasteiger partial charge on any atom is -0.364 e. The smallest absolute Gasteiger partial charge is 0.330 e. The van der Waals surface area contributed by atoms with Gasteiger partial charge in [-0.15, -0.1) is 0 Å². The van der Waals surface area contributed by atoms with Gasteiger partial charge in [0, 0.05) is 25.2 Å². The zero-order valence-corrected chi connectivity index (χ0v) is 18.0. The van der Waals surface area contributed by atoms with E-state index in [1.165, 1.54) is 27.3 Å². The number of aromatic nitrogens is 4. The van der Waals surface area contributed by atoms with Crippen molar-refractivity contribution in [1.82, 2.24) is 24.0 Å². The van der Waals surface area contributed by atoms with Crippen LogP contribution in [0.5, 0.6) is 0 Å². The van der Waals surface area contributed by atoms with E-state index in [4.69, 9.17) is 5.73 Å². The number of fused-ring (bicyclic) bond motifs is 1. The molecule has 2 N–H and O–H groups in total. The van der Waals surface area contributed by atoms with Crippen LogP contribution in [0.25, 0.3) is 22.6 Å². The van der Waals surface area contributed by atoms with Crippen molar-refractivity contribution in [3.05, 3.63) is 46.3 Å². The van der Waals surface area contributed by atoms with Gasteiger partial charge >= 0.3 is 5.69 Å². The highest BCUT2D eigenvalue weighted by Crippen LogP contribution is 2.23. The SMILES string of the molecule is CCn1c(=O)n(CC(=O)N2CCC[C@H](C)C2)c2c(C(N)=O)nc(-c3cccc(F)c3)nc21. The van der Waals surface area contributed by atoms with E-state index in [0.717, 1.165) is 12.8 Å². The first kappa shape index (κ1) is 21.7. The number of benzene rings is 1. The number of hydrogen-bond donors (Lipinski definition) is 1. The molecule has 0 aliphatic carbocycles. The molecule has 3 aromatic rings. The topological polar surface area (TPSA) is 116 Å². The fourth-order valence-corrected chi connectivity index (χ4v) is 4.22. The van der Waals surface area contributed by atoms with Crippen molar-refractivity contribution < 1.29 is 14.0 Å². The Morgan fingerprint density at radius 3 is 2.69 bits per heavy atom. The molecule has 4 rings (SSSR count). The molecule has 1 saturated heterocycles. The predicted molar refractivity (Wildman–Crippen MR) is 116 cm³/mol. The fourth-order valence-electron chi connectivity index (χ4n) is 4.22. The monoisotopic (exact) mass is 440 g/mol. The lowest BCUT2D eigenvalue weighted by Gasteiger charge is -2.31. The van der Waals surface area contributed by atoms with E-state index in [9.17, 15) is 18.8 Å². The maximum Gasteiger partial charge on any atom is 0.330 e. The zero-order chi connectivity index (χ0) is 23.0. The minimum absolute atomic E-state index is 0.0707. The summed E-state index contributed by atoms with van der Waals surface area (Å²) in [5, 5.41) is 0. The highest BCUT2D eigenvalue weighted by atomic mass is 19.1. The Kier molecular flexibility index (Phi) is 5.77. The summed E-state index contributed by atoms with van der Waals surface area (Å²) in [6, 6.07) is 5.61. The van der Waals surface area contributed by atoms with Crippen LogP contribution < -0.4 is 11.4 Å². The molecule has 1 aliphatic heterocycles. The molecule has 0 spiro atoms. The van der Waals surface area contributed by atoms with E-state index >= 15 is 0 Å². The summed E-state index contributed by atoms with van der Waals surface area (Å²) in [6.07, 6.45) is 1.96. The van der Waals surface area contributed by atoms with Crippen molar-refractivity contribution in [2.75, 3.05) is 13.1 Å². The first-order valence-corrected chi connectivity index (χ1v) is 10.6. The first-order valence-electron chi connectivity index (χ1n) is 10.6. The number of halogens is 1. The number of amides is 2. The molecule has 0 bridgehead atoms. The Bertz CT molecular complexity index is 1260. The average molecular weight is 440 g/mol. The van der Waals surface area contributed by atoms with Gasteiger partial charge in [-0.3, -0.25) is 18.7 Å². The maximum absolute atomic E-state index is 13.7. The quantitative estimate of drug-likeness (QED) is 0.649. The molecule has 1 aliphatic rings. The van der Waals surface area contributed by atoms with Gasteiger partial charge in [0.15, 0.2) is 17.2 Å². The lowest BCUT2D eigenvalue weighted by molar-refractivity contribution is -0.133. The lowest BCUT2D eigenvalue weighted by atomic mass is 10.0. The summed E-state index contributed by atoms with van der Waals surface area (Å²) in [4.78, 5) is 48.8. The molecule has 168 valence electrons. The second kappa shape index (κ2) is 8.52. The molecule has 1 atom stereocenters. The lowest BCUT2D eigenvalue weighted by Crippen LogP contribution is -2.42. The van der Waals surface area contributed by atoms with Crippen LogP contribution >= 0.6 is 0 Å². The third kappa shape index (κ3) is 3.88. The molecule has 3 heterocycles. The second-order valence-electron chi connectivity index (χ2n) is 8.14. The van der Waals surface area contributed by atoms with Gasteiger partial charge in [-0.25, -0.2) is 19.2 Å². The average Bonchev–Trinajstić information content (AvgIpc) is 3.03. The Morgan fingerprint density at radius 2 is 2.03 bits per heavy atom. The Labute approximate surface area is 183 Å². The minimum atomic E-state index is -0.865. The number of nitrogens with two attached hydrogens (primary N) is 1. The maximum atomic E-state index is 13.7. The number of carbonyl (C=O) groups is 2. The molecule has 10 heteroatoms. The highest BCUT2D eigenvalue weighted by molar-refractivity contribution is 6.02. The van der Waals surface area contributed by atoms with E-state index < -0.39 is 17.4 Å². The van der Waals surface area contributed by atoms with Crippen molar-refractivity contribution >= 4 is 23.0 Å². The summed E-state index contributed by atoms with van der Waals surface area (Å²) in [7, 11) is 0. The van der Waals surface area contributed by atoms with E-state index in [0.29, 0.717) is 24.6 Å². The Balaban J connectivity index is 1.87. The molecule has 32 heavy (non-hydrogen) atoms. The van der Waals surface area contributed by atoms with Crippen LogP contribution in [0.2, 0.25) is 0 Å². The van der Waals surface area contributed by atoms with Crippen LogP contribution in [0.1, 0.15) is 37.2 Å². The number of primary amides is 1. The molecule has 1 fully saturated rings. The van der Waals surface area contributed by atoms with Gasteiger partial charge in [0.2, 0.25) is 5.91 Å². The number of hydrogen-bond acceptors (Lipinski definition) is 5. The van der Waals surface area contributed by atoms with E-state index in [1.54, 1.807) is 17.9 Å². The Morgan fingerprint density at radius 1 is 1.25 bits per heavy atom. The zero-order valence-electron chi connectivity index (χ0n) is 18.0. The number of piperidine rings is 1. The van der Waals surface area contributed by atoms with Crippen LogP contribution in [-0.2, 0) is 17.9 Å².